The zero-order valence-corrected chi connectivity index (χ0v) is 15.4. The third-order valence-corrected chi connectivity index (χ3v) is 3.99. The first-order chi connectivity index (χ1) is 11.9. The lowest BCUT2D eigenvalue weighted by Crippen LogP contribution is -2.37. The van der Waals surface area contributed by atoms with Gasteiger partial charge in [0.25, 0.3) is 0 Å². The third kappa shape index (κ3) is 5.93. The SMILES string of the molecule is COC(=O)C(C)CN(C(=O)/C=C/c1cccc(OC(C)C)c1)C1CC1. The third-order valence-electron chi connectivity index (χ3n) is 3.99. The average molecular weight is 345 g/mol. The molecule has 0 saturated heterocycles. The molecule has 1 aliphatic carbocycles. The van der Waals surface area contributed by atoms with Crippen molar-refractivity contribution in [2.45, 2.75) is 45.8 Å². The van der Waals surface area contributed by atoms with Crippen LogP contribution in [-0.2, 0) is 14.3 Å². The van der Waals surface area contributed by atoms with E-state index < -0.39 is 0 Å². The molecule has 0 spiro atoms. The van der Waals surface area contributed by atoms with Gasteiger partial charge in [-0.15, -0.1) is 0 Å². The van der Waals surface area contributed by atoms with Crippen LogP contribution in [0.25, 0.3) is 6.08 Å². The Hall–Kier alpha value is -2.30. The summed E-state index contributed by atoms with van der Waals surface area (Å²) in [6.45, 7) is 6.12. The maximum Gasteiger partial charge on any atom is 0.310 e. The molecule has 0 heterocycles. The number of nitrogens with zero attached hydrogens (tertiary/aromatic N) is 1. The molecule has 0 N–H and O–H groups in total. The van der Waals surface area contributed by atoms with Gasteiger partial charge in [-0.05, 0) is 50.5 Å². The molecule has 5 nitrogen and oxygen atoms in total. The van der Waals surface area contributed by atoms with Crippen LogP contribution in [0, 0.1) is 5.92 Å². The monoisotopic (exact) mass is 345 g/mol. The van der Waals surface area contributed by atoms with E-state index in [0.29, 0.717) is 6.54 Å². The summed E-state index contributed by atoms with van der Waals surface area (Å²) in [4.78, 5) is 26.0. The van der Waals surface area contributed by atoms with Crippen molar-refractivity contribution in [3.05, 3.63) is 35.9 Å². The quantitative estimate of drug-likeness (QED) is 0.536. The molecule has 0 aliphatic heterocycles. The van der Waals surface area contributed by atoms with E-state index in [9.17, 15) is 9.59 Å². The molecule has 5 heteroatoms. The Morgan fingerprint density at radius 1 is 1.28 bits per heavy atom. The van der Waals surface area contributed by atoms with Crippen LogP contribution in [0.5, 0.6) is 5.75 Å². The summed E-state index contributed by atoms with van der Waals surface area (Å²) in [7, 11) is 1.37. The second-order valence-electron chi connectivity index (χ2n) is 6.72. The molecule has 1 saturated carbocycles. The highest BCUT2D eigenvalue weighted by molar-refractivity contribution is 5.92. The van der Waals surface area contributed by atoms with E-state index in [4.69, 9.17) is 9.47 Å². The van der Waals surface area contributed by atoms with E-state index in [-0.39, 0.29) is 29.9 Å². The normalized spacial score (nSPS) is 15.2. The van der Waals surface area contributed by atoms with Crippen molar-refractivity contribution in [2.75, 3.05) is 13.7 Å². The first kappa shape index (κ1) is 19.0. The van der Waals surface area contributed by atoms with Gasteiger partial charge in [0.1, 0.15) is 5.75 Å². The van der Waals surface area contributed by atoms with Gasteiger partial charge >= 0.3 is 5.97 Å². The average Bonchev–Trinajstić information content (AvgIpc) is 3.41. The van der Waals surface area contributed by atoms with Gasteiger partial charge in [-0.2, -0.15) is 0 Å². The highest BCUT2D eigenvalue weighted by Gasteiger charge is 2.33. The standard InChI is InChI=1S/C20H27NO4/c1-14(2)25-18-7-5-6-16(12-18)8-11-19(22)21(17-9-10-17)13-15(3)20(23)24-4/h5-8,11-12,14-15,17H,9-10,13H2,1-4H3/b11-8+. The minimum absolute atomic E-state index is 0.0755. The lowest BCUT2D eigenvalue weighted by Gasteiger charge is -2.23. The van der Waals surface area contributed by atoms with Gasteiger partial charge in [-0.3, -0.25) is 9.59 Å². The van der Waals surface area contributed by atoms with Crippen molar-refractivity contribution < 1.29 is 19.1 Å². The Morgan fingerprint density at radius 2 is 2.00 bits per heavy atom. The first-order valence-electron chi connectivity index (χ1n) is 8.74. The van der Waals surface area contributed by atoms with Gasteiger partial charge in [0.2, 0.25) is 5.91 Å². The largest absolute Gasteiger partial charge is 0.491 e. The number of carbonyl (C=O) groups excluding carboxylic acids is 2. The molecule has 0 aromatic heterocycles. The molecular formula is C20H27NO4. The molecule has 0 radical (unpaired) electrons. The maximum atomic E-state index is 12.6. The molecule has 25 heavy (non-hydrogen) atoms. The van der Waals surface area contributed by atoms with E-state index in [0.717, 1.165) is 24.2 Å². The zero-order chi connectivity index (χ0) is 18.4. The fourth-order valence-corrected chi connectivity index (χ4v) is 2.60. The number of benzene rings is 1. The van der Waals surface area contributed by atoms with Gasteiger partial charge in [0.05, 0.1) is 19.1 Å². The van der Waals surface area contributed by atoms with Crippen LogP contribution in [0.4, 0.5) is 0 Å². The Morgan fingerprint density at radius 3 is 2.60 bits per heavy atom. The fraction of sp³-hybridized carbons (Fsp3) is 0.500. The predicted molar refractivity (Wildman–Crippen MR) is 97.2 cm³/mol. The summed E-state index contributed by atoms with van der Waals surface area (Å²) < 4.78 is 10.4. The van der Waals surface area contributed by atoms with Crippen LogP contribution in [0.15, 0.2) is 30.3 Å². The number of methoxy groups -OCH3 is 1. The molecule has 1 aromatic carbocycles. The van der Waals surface area contributed by atoms with Crippen molar-refractivity contribution in [3.8, 4) is 5.75 Å². The zero-order valence-electron chi connectivity index (χ0n) is 15.4. The molecule has 2 rings (SSSR count). The lowest BCUT2D eigenvalue weighted by molar-refractivity contribution is -0.146. The van der Waals surface area contributed by atoms with E-state index >= 15 is 0 Å². The molecule has 1 aliphatic rings. The van der Waals surface area contributed by atoms with Gasteiger partial charge in [-0.1, -0.05) is 19.1 Å². The van der Waals surface area contributed by atoms with Crippen molar-refractivity contribution in [3.63, 3.8) is 0 Å². The van der Waals surface area contributed by atoms with Crippen molar-refractivity contribution in [2.24, 2.45) is 5.92 Å². The van der Waals surface area contributed by atoms with Gasteiger partial charge in [0, 0.05) is 18.7 Å². The summed E-state index contributed by atoms with van der Waals surface area (Å²) in [6.07, 6.45) is 5.44. The topological polar surface area (TPSA) is 55.8 Å². The summed E-state index contributed by atoms with van der Waals surface area (Å²) >= 11 is 0. The van der Waals surface area contributed by atoms with Crippen LogP contribution in [0.1, 0.15) is 39.2 Å². The van der Waals surface area contributed by atoms with Crippen molar-refractivity contribution in [1.29, 1.82) is 0 Å². The Bertz CT molecular complexity index is 634. The van der Waals surface area contributed by atoms with E-state index in [1.165, 1.54) is 7.11 Å². The van der Waals surface area contributed by atoms with Crippen LogP contribution in [0.2, 0.25) is 0 Å². The maximum absolute atomic E-state index is 12.6. The Kier molecular flexibility index (Phi) is 6.62. The number of hydrogen-bond donors (Lipinski definition) is 0. The van der Waals surface area contributed by atoms with Crippen LogP contribution in [-0.4, -0.2) is 42.6 Å². The Labute approximate surface area is 149 Å². The minimum atomic E-state index is -0.328. The molecule has 1 unspecified atom stereocenters. The second-order valence-corrected chi connectivity index (χ2v) is 6.72. The van der Waals surface area contributed by atoms with Gasteiger partial charge in [-0.25, -0.2) is 0 Å². The predicted octanol–water partition coefficient (Wildman–Crippen LogP) is 3.29. The molecule has 136 valence electrons. The van der Waals surface area contributed by atoms with E-state index in [2.05, 4.69) is 0 Å². The second kappa shape index (κ2) is 8.70. The summed E-state index contributed by atoms with van der Waals surface area (Å²) in [5, 5.41) is 0. The smallest absolute Gasteiger partial charge is 0.310 e. The number of ether oxygens (including phenoxy) is 2. The number of carbonyl (C=O) groups is 2. The van der Waals surface area contributed by atoms with Crippen molar-refractivity contribution >= 4 is 18.0 Å². The van der Waals surface area contributed by atoms with Crippen LogP contribution >= 0.6 is 0 Å². The lowest BCUT2D eigenvalue weighted by atomic mass is 10.1. The number of esters is 1. The van der Waals surface area contributed by atoms with Crippen molar-refractivity contribution in [1.82, 2.24) is 4.90 Å². The first-order valence-corrected chi connectivity index (χ1v) is 8.74. The summed E-state index contributed by atoms with van der Waals surface area (Å²) in [6, 6.07) is 7.87. The molecule has 1 atom stereocenters. The molecule has 1 aromatic rings. The molecule has 1 fully saturated rings. The van der Waals surface area contributed by atoms with Gasteiger partial charge < -0.3 is 14.4 Å². The molecule has 0 bridgehead atoms. The van der Waals surface area contributed by atoms with E-state index in [1.807, 2.05) is 38.1 Å². The highest BCUT2D eigenvalue weighted by Crippen LogP contribution is 2.28. The Balaban J connectivity index is 2.03. The summed E-state index contributed by atoms with van der Waals surface area (Å²) in [5.74, 6) is 0.0862. The minimum Gasteiger partial charge on any atom is -0.491 e. The summed E-state index contributed by atoms with van der Waals surface area (Å²) in [5.41, 5.74) is 0.906. The molecular weight excluding hydrogens is 318 g/mol. The van der Waals surface area contributed by atoms with E-state index in [1.54, 1.807) is 24.0 Å². The number of amides is 1. The van der Waals surface area contributed by atoms with Gasteiger partial charge in [0.15, 0.2) is 0 Å². The highest BCUT2D eigenvalue weighted by atomic mass is 16.5. The number of rotatable bonds is 8. The number of hydrogen-bond acceptors (Lipinski definition) is 4. The molecule has 1 amide bonds. The fourth-order valence-electron chi connectivity index (χ4n) is 2.60. The van der Waals surface area contributed by atoms with Crippen LogP contribution < -0.4 is 4.74 Å². The van der Waals surface area contributed by atoms with Crippen LogP contribution in [0.3, 0.4) is 0 Å².